The van der Waals surface area contributed by atoms with E-state index in [0.29, 0.717) is 5.75 Å². The number of aliphatic hydroxyl groups excluding tert-OH is 1. The zero-order valence-corrected chi connectivity index (χ0v) is 13.8. The van der Waals surface area contributed by atoms with Gasteiger partial charge >= 0.3 is 5.51 Å². The first-order valence-corrected chi connectivity index (χ1v) is 8.04. The second-order valence-corrected chi connectivity index (χ2v) is 6.41. The van der Waals surface area contributed by atoms with Gasteiger partial charge in [-0.05, 0) is 52.3 Å². The van der Waals surface area contributed by atoms with Crippen molar-refractivity contribution < 1.29 is 23.0 Å². The van der Waals surface area contributed by atoms with Crippen molar-refractivity contribution in [2.45, 2.75) is 18.5 Å². The lowest BCUT2D eigenvalue weighted by Gasteiger charge is -2.14. The van der Waals surface area contributed by atoms with Crippen LogP contribution in [0.4, 0.5) is 13.2 Å². The maximum Gasteiger partial charge on any atom is 0.441 e. The number of alkyl halides is 3. The third-order valence-electron chi connectivity index (χ3n) is 2.44. The van der Waals surface area contributed by atoms with Crippen LogP contribution in [0.15, 0.2) is 22.7 Å². The maximum atomic E-state index is 11.9. The molecule has 1 unspecified atom stereocenters. The van der Waals surface area contributed by atoms with Crippen LogP contribution in [0, 0.1) is 6.92 Å². The average Bonchev–Trinajstić information content (AvgIpc) is 2.36. The minimum atomic E-state index is -4.21. The molecule has 1 aromatic carbocycles. The molecule has 0 bridgehead atoms. The van der Waals surface area contributed by atoms with E-state index >= 15 is 0 Å². The van der Waals surface area contributed by atoms with E-state index < -0.39 is 11.6 Å². The van der Waals surface area contributed by atoms with Gasteiger partial charge in [0.15, 0.2) is 0 Å². The number of ether oxygens (including phenoxy) is 1. The van der Waals surface area contributed by atoms with E-state index in [2.05, 4.69) is 21.2 Å². The Hall–Kier alpha value is -0.440. The van der Waals surface area contributed by atoms with Crippen LogP contribution in [0.1, 0.15) is 5.56 Å². The molecule has 2 N–H and O–H groups in total. The van der Waals surface area contributed by atoms with Crippen molar-refractivity contribution in [2.24, 2.45) is 0 Å². The fourth-order valence-corrected chi connectivity index (χ4v) is 2.56. The molecular weight excluding hydrogens is 371 g/mol. The first kappa shape index (κ1) is 18.6. The Labute approximate surface area is 134 Å². The lowest BCUT2D eigenvalue weighted by atomic mass is 10.2. The van der Waals surface area contributed by atoms with Gasteiger partial charge in [0.25, 0.3) is 0 Å². The molecule has 0 saturated heterocycles. The molecule has 0 aliphatic rings. The Balaban J connectivity index is 2.18. The molecule has 21 heavy (non-hydrogen) atoms. The monoisotopic (exact) mass is 387 g/mol. The zero-order chi connectivity index (χ0) is 15.9. The highest BCUT2D eigenvalue weighted by molar-refractivity contribution is 9.10. The summed E-state index contributed by atoms with van der Waals surface area (Å²) in [5.74, 6) is 0.535. The quantitative estimate of drug-likeness (QED) is 0.671. The van der Waals surface area contributed by atoms with Crippen LogP contribution in [0.5, 0.6) is 5.75 Å². The summed E-state index contributed by atoms with van der Waals surface area (Å²) in [6, 6.07) is 5.58. The van der Waals surface area contributed by atoms with Gasteiger partial charge in [0.05, 0.1) is 4.47 Å². The molecule has 3 nitrogen and oxygen atoms in total. The number of benzene rings is 1. The molecule has 1 aromatic rings. The van der Waals surface area contributed by atoms with Crippen molar-refractivity contribution in [3.05, 3.63) is 28.2 Å². The summed E-state index contributed by atoms with van der Waals surface area (Å²) in [7, 11) is 0. The number of hydrogen-bond acceptors (Lipinski definition) is 4. The zero-order valence-electron chi connectivity index (χ0n) is 11.4. The average molecular weight is 388 g/mol. The van der Waals surface area contributed by atoms with Gasteiger partial charge in [-0.1, -0.05) is 6.07 Å². The van der Waals surface area contributed by atoms with E-state index in [0.717, 1.165) is 10.0 Å². The number of thioether (sulfide) groups is 1. The van der Waals surface area contributed by atoms with Gasteiger partial charge in [-0.15, -0.1) is 0 Å². The highest BCUT2D eigenvalue weighted by atomic mass is 79.9. The Morgan fingerprint density at radius 1 is 1.43 bits per heavy atom. The first-order chi connectivity index (χ1) is 9.78. The van der Waals surface area contributed by atoms with E-state index in [-0.39, 0.29) is 37.2 Å². The van der Waals surface area contributed by atoms with Crippen LogP contribution >= 0.6 is 27.7 Å². The van der Waals surface area contributed by atoms with Crippen molar-refractivity contribution in [1.82, 2.24) is 5.32 Å². The second kappa shape index (κ2) is 8.87. The largest absolute Gasteiger partial charge is 0.490 e. The molecule has 0 aliphatic heterocycles. The lowest BCUT2D eigenvalue weighted by molar-refractivity contribution is -0.0327. The number of halogens is 4. The molecule has 0 aromatic heterocycles. The Morgan fingerprint density at radius 3 is 2.76 bits per heavy atom. The normalized spacial score (nSPS) is 13.2. The summed E-state index contributed by atoms with van der Waals surface area (Å²) < 4.78 is 41.9. The predicted octanol–water partition coefficient (Wildman–Crippen LogP) is 3.34. The van der Waals surface area contributed by atoms with Gasteiger partial charge < -0.3 is 15.2 Å². The first-order valence-electron chi connectivity index (χ1n) is 6.26. The highest BCUT2D eigenvalue weighted by Crippen LogP contribution is 2.29. The molecule has 0 spiro atoms. The summed E-state index contributed by atoms with van der Waals surface area (Å²) >= 11 is 3.27. The molecule has 1 atom stereocenters. The number of aryl methyl sites for hydroxylation is 1. The minimum Gasteiger partial charge on any atom is -0.490 e. The van der Waals surface area contributed by atoms with Crippen LogP contribution in [0.3, 0.4) is 0 Å². The fourth-order valence-electron chi connectivity index (χ4n) is 1.48. The minimum absolute atomic E-state index is 0.0705. The summed E-state index contributed by atoms with van der Waals surface area (Å²) in [6.45, 7) is 2.38. The Morgan fingerprint density at radius 2 is 2.14 bits per heavy atom. The van der Waals surface area contributed by atoms with Crippen molar-refractivity contribution in [3.63, 3.8) is 0 Å². The SMILES string of the molecule is Cc1ccc(OCC(O)CNCCSC(F)(F)F)c(Br)c1. The number of aliphatic hydroxyl groups is 1. The van der Waals surface area contributed by atoms with Crippen molar-refractivity contribution in [1.29, 1.82) is 0 Å². The summed E-state index contributed by atoms with van der Waals surface area (Å²) in [5.41, 5.74) is -3.13. The summed E-state index contributed by atoms with van der Waals surface area (Å²) in [4.78, 5) is 0. The second-order valence-electron chi connectivity index (χ2n) is 4.40. The van der Waals surface area contributed by atoms with Gasteiger partial charge in [-0.3, -0.25) is 0 Å². The van der Waals surface area contributed by atoms with Gasteiger partial charge in [-0.25, -0.2) is 0 Å². The fraction of sp³-hybridized carbons (Fsp3) is 0.538. The topological polar surface area (TPSA) is 41.5 Å². The van der Waals surface area contributed by atoms with Gasteiger partial charge in [0.1, 0.15) is 18.5 Å². The van der Waals surface area contributed by atoms with E-state index in [1.165, 1.54) is 0 Å². The van der Waals surface area contributed by atoms with Crippen LogP contribution in [0.2, 0.25) is 0 Å². The molecule has 0 radical (unpaired) electrons. The standard InChI is InChI=1S/C13H17BrF3NO2S/c1-9-2-3-12(11(14)6-9)20-8-10(19)7-18-4-5-21-13(15,16)17/h2-3,6,10,18-19H,4-5,7-8H2,1H3. The molecular formula is C13H17BrF3NO2S. The number of nitrogens with one attached hydrogen (secondary N) is 1. The molecule has 120 valence electrons. The van der Waals surface area contributed by atoms with Crippen LogP contribution in [-0.4, -0.2) is 42.2 Å². The van der Waals surface area contributed by atoms with Crippen LogP contribution in [0.25, 0.3) is 0 Å². The maximum absolute atomic E-state index is 11.9. The van der Waals surface area contributed by atoms with Crippen molar-refractivity contribution >= 4 is 27.7 Å². The third kappa shape index (κ3) is 8.55. The number of rotatable bonds is 8. The molecule has 0 saturated carbocycles. The summed E-state index contributed by atoms with van der Waals surface area (Å²) in [6.07, 6.45) is -0.783. The Kier molecular flexibility index (Phi) is 7.86. The third-order valence-corrected chi connectivity index (χ3v) is 3.80. The molecule has 0 aliphatic carbocycles. The molecule has 0 amide bonds. The van der Waals surface area contributed by atoms with Crippen molar-refractivity contribution in [2.75, 3.05) is 25.4 Å². The number of hydrogen-bond donors (Lipinski definition) is 2. The van der Waals surface area contributed by atoms with E-state index in [9.17, 15) is 18.3 Å². The predicted molar refractivity (Wildman–Crippen MR) is 81.8 cm³/mol. The summed E-state index contributed by atoms with van der Waals surface area (Å²) in [5, 5.41) is 12.4. The van der Waals surface area contributed by atoms with Crippen LogP contribution in [-0.2, 0) is 0 Å². The lowest BCUT2D eigenvalue weighted by Crippen LogP contribution is -2.32. The smallest absolute Gasteiger partial charge is 0.441 e. The van der Waals surface area contributed by atoms with Crippen LogP contribution < -0.4 is 10.1 Å². The molecule has 1 rings (SSSR count). The van der Waals surface area contributed by atoms with Crippen molar-refractivity contribution in [3.8, 4) is 5.75 Å². The van der Waals surface area contributed by atoms with E-state index in [1.807, 2.05) is 19.1 Å². The van der Waals surface area contributed by atoms with E-state index in [4.69, 9.17) is 4.74 Å². The molecule has 0 fully saturated rings. The Bertz CT molecular complexity index is 446. The van der Waals surface area contributed by atoms with Gasteiger partial charge in [-0.2, -0.15) is 13.2 Å². The molecule has 8 heteroatoms. The van der Waals surface area contributed by atoms with Gasteiger partial charge in [0.2, 0.25) is 0 Å². The van der Waals surface area contributed by atoms with Gasteiger partial charge in [0, 0.05) is 18.8 Å². The highest BCUT2D eigenvalue weighted by Gasteiger charge is 2.27. The molecule has 0 heterocycles. The van der Waals surface area contributed by atoms with E-state index in [1.54, 1.807) is 6.07 Å².